The highest BCUT2D eigenvalue weighted by Crippen LogP contribution is 2.23. The number of nitrogens with zero attached hydrogens (tertiary/aromatic N) is 1. The summed E-state index contributed by atoms with van der Waals surface area (Å²) in [5, 5.41) is 12.5. The van der Waals surface area contributed by atoms with Gasteiger partial charge in [-0.25, -0.2) is 4.79 Å². The topological polar surface area (TPSA) is 61.8 Å². The van der Waals surface area contributed by atoms with Crippen molar-refractivity contribution in [1.29, 1.82) is 0 Å². The van der Waals surface area contributed by atoms with Gasteiger partial charge in [-0.15, -0.1) is 0 Å². The lowest BCUT2D eigenvalue weighted by Crippen LogP contribution is -2.47. The van der Waals surface area contributed by atoms with Crippen molar-refractivity contribution in [1.82, 2.24) is 10.2 Å². The van der Waals surface area contributed by atoms with Crippen LogP contribution < -0.4 is 10.1 Å². The van der Waals surface area contributed by atoms with Gasteiger partial charge < -0.3 is 20.1 Å². The molecule has 2 unspecified atom stereocenters. The monoisotopic (exact) mass is 334 g/mol. The van der Waals surface area contributed by atoms with E-state index in [0.29, 0.717) is 6.54 Å². The molecular formula is C19H30N2O3. The minimum Gasteiger partial charge on any atom is -0.497 e. The number of piperidine rings is 1. The summed E-state index contributed by atoms with van der Waals surface area (Å²) >= 11 is 0. The fourth-order valence-electron chi connectivity index (χ4n) is 3.21. The Morgan fingerprint density at radius 1 is 1.42 bits per heavy atom. The molecule has 5 nitrogen and oxygen atoms in total. The van der Waals surface area contributed by atoms with Crippen LogP contribution in [0.2, 0.25) is 0 Å². The van der Waals surface area contributed by atoms with E-state index in [-0.39, 0.29) is 24.6 Å². The van der Waals surface area contributed by atoms with Crippen molar-refractivity contribution in [3.8, 4) is 5.75 Å². The van der Waals surface area contributed by atoms with E-state index >= 15 is 0 Å². The van der Waals surface area contributed by atoms with Gasteiger partial charge in [0.1, 0.15) is 5.75 Å². The number of amides is 2. The van der Waals surface area contributed by atoms with Gasteiger partial charge in [0.25, 0.3) is 0 Å². The Morgan fingerprint density at radius 2 is 2.17 bits per heavy atom. The molecule has 0 aliphatic carbocycles. The Kier molecular flexibility index (Phi) is 7.37. The summed E-state index contributed by atoms with van der Waals surface area (Å²) < 4.78 is 5.21. The van der Waals surface area contributed by atoms with E-state index in [9.17, 15) is 9.90 Å². The van der Waals surface area contributed by atoms with E-state index in [4.69, 9.17) is 4.74 Å². The molecule has 1 saturated heterocycles. The number of benzene rings is 1. The molecule has 1 fully saturated rings. The number of carbonyl (C=O) groups is 1. The summed E-state index contributed by atoms with van der Waals surface area (Å²) in [5.74, 6) is 1.03. The number of rotatable bonds is 7. The van der Waals surface area contributed by atoms with E-state index < -0.39 is 0 Å². The lowest BCUT2D eigenvalue weighted by Gasteiger charge is -2.33. The maximum absolute atomic E-state index is 12.6. The van der Waals surface area contributed by atoms with Gasteiger partial charge in [-0.2, -0.15) is 0 Å². The fourth-order valence-corrected chi connectivity index (χ4v) is 3.21. The van der Waals surface area contributed by atoms with Crippen LogP contribution in [0.3, 0.4) is 0 Å². The predicted octanol–water partition coefficient (Wildman–Crippen LogP) is 3.34. The smallest absolute Gasteiger partial charge is 0.317 e. The molecule has 0 radical (unpaired) electrons. The Hall–Kier alpha value is -1.75. The van der Waals surface area contributed by atoms with E-state index in [1.807, 2.05) is 29.2 Å². The zero-order chi connectivity index (χ0) is 17.4. The van der Waals surface area contributed by atoms with Crippen molar-refractivity contribution < 1.29 is 14.6 Å². The second-order valence-electron chi connectivity index (χ2n) is 6.55. The van der Waals surface area contributed by atoms with Crippen LogP contribution in [0, 0.1) is 5.92 Å². The second kappa shape index (κ2) is 9.52. The number of hydrogen-bond acceptors (Lipinski definition) is 3. The van der Waals surface area contributed by atoms with Gasteiger partial charge in [0.15, 0.2) is 0 Å². The number of unbranched alkanes of at least 4 members (excludes halogenated alkanes) is 1. The van der Waals surface area contributed by atoms with Crippen LogP contribution in [0.4, 0.5) is 4.79 Å². The third-order valence-electron chi connectivity index (χ3n) is 4.73. The van der Waals surface area contributed by atoms with Crippen molar-refractivity contribution >= 4 is 6.03 Å². The number of ether oxygens (including phenoxy) is 1. The van der Waals surface area contributed by atoms with Gasteiger partial charge in [-0.1, -0.05) is 31.9 Å². The third kappa shape index (κ3) is 5.13. The first-order valence-corrected chi connectivity index (χ1v) is 8.98. The maximum atomic E-state index is 12.6. The maximum Gasteiger partial charge on any atom is 0.317 e. The van der Waals surface area contributed by atoms with Gasteiger partial charge in [0.05, 0.1) is 13.2 Å². The molecule has 2 amide bonds. The van der Waals surface area contributed by atoms with Gasteiger partial charge >= 0.3 is 6.03 Å². The van der Waals surface area contributed by atoms with Crippen LogP contribution in [0.15, 0.2) is 24.3 Å². The number of carbonyl (C=O) groups excluding carboxylic acids is 1. The molecule has 0 spiro atoms. The highest BCUT2D eigenvalue weighted by atomic mass is 16.5. The zero-order valence-electron chi connectivity index (χ0n) is 14.8. The average Bonchev–Trinajstić information content (AvgIpc) is 2.65. The summed E-state index contributed by atoms with van der Waals surface area (Å²) in [5.41, 5.74) is 1.10. The summed E-state index contributed by atoms with van der Waals surface area (Å²) in [6.07, 6.45) is 5.04. The first-order valence-electron chi connectivity index (χ1n) is 8.98. The molecule has 2 atom stereocenters. The fraction of sp³-hybridized carbons (Fsp3) is 0.632. The van der Waals surface area contributed by atoms with Gasteiger partial charge in [0.2, 0.25) is 0 Å². The van der Waals surface area contributed by atoms with Crippen molar-refractivity contribution in [2.75, 3.05) is 26.8 Å². The standard InChI is InChI=1S/C19H30N2O3/c1-3-4-7-18(16-8-10-17(24-2)11-9-16)20-19(23)21-12-5-6-15(13-21)14-22/h8-11,15,18,22H,3-7,12-14H2,1-2H3,(H,20,23). The largest absolute Gasteiger partial charge is 0.497 e. The summed E-state index contributed by atoms with van der Waals surface area (Å²) in [6, 6.07) is 7.90. The number of hydrogen-bond donors (Lipinski definition) is 2. The molecular weight excluding hydrogens is 304 g/mol. The van der Waals surface area contributed by atoms with Crippen LogP contribution in [0.1, 0.15) is 50.6 Å². The third-order valence-corrected chi connectivity index (χ3v) is 4.73. The Labute approximate surface area is 145 Å². The lowest BCUT2D eigenvalue weighted by atomic mass is 9.99. The molecule has 2 rings (SSSR count). The van der Waals surface area contributed by atoms with E-state index in [0.717, 1.165) is 50.0 Å². The number of methoxy groups -OCH3 is 1. The Bertz CT molecular complexity index is 504. The van der Waals surface area contributed by atoms with Gasteiger partial charge in [0, 0.05) is 19.7 Å². The molecule has 1 aliphatic heterocycles. The molecule has 5 heteroatoms. The number of urea groups is 1. The minimum atomic E-state index is -0.0231. The molecule has 1 heterocycles. The lowest BCUT2D eigenvalue weighted by molar-refractivity contribution is 0.127. The molecule has 0 bridgehead atoms. The van der Waals surface area contributed by atoms with Crippen LogP contribution >= 0.6 is 0 Å². The molecule has 1 aliphatic rings. The molecule has 0 aromatic heterocycles. The molecule has 0 saturated carbocycles. The number of aliphatic hydroxyl groups excluding tert-OH is 1. The minimum absolute atomic E-state index is 0.0119. The van der Waals surface area contributed by atoms with Crippen LogP contribution in [0.25, 0.3) is 0 Å². The van der Waals surface area contributed by atoms with Gasteiger partial charge in [-0.05, 0) is 42.9 Å². The number of nitrogens with one attached hydrogen (secondary N) is 1. The number of aliphatic hydroxyl groups is 1. The molecule has 2 N–H and O–H groups in total. The predicted molar refractivity (Wildman–Crippen MR) is 95.2 cm³/mol. The highest BCUT2D eigenvalue weighted by Gasteiger charge is 2.25. The normalized spacial score (nSPS) is 19.0. The summed E-state index contributed by atoms with van der Waals surface area (Å²) in [6.45, 7) is 3.72. The van der Waals surface area contributed by atoms with Crippen LogP contribution in [-0.2, 0) is 0 Å². The van der Waals surface area contributed by atoms with Gasteiger partial charge in [-0.3, -0.25) is 0 Å². The van der Waals surface area contributed by atoms with Crippen LogP contribution in [-0.4, -0.2) is 42.8 Å². The van der Waals surface area contributed by atoms with Crippen molar-refractivity contribution in [3.05, 3.63) is 29.8 Å². The van der Waals surface area contributed by atoms with Crippen molar-refractivity contribution in [3.63, 3.8) is 0 Å². The van der Waals surface area contributed by atoms with E-state index in [1.54, 1.807) is 7.11 Å². The molecule has 1 aromatic rings. The number of likely N-dealkylation sites (tertiary alicyclic amines) is 1. The Morgan fingerprint density at radius 3 is 2.79 bits per heavy atom. The quantitative estimate of drug-likeness (QED) is 0.804. The molecule has 134 valence electrons. The van der Waals surface area contributed by atoms with Crippen molar-refractivity contribution in [2.45, 2.75) is 45.1 Å². The van der Waals surface area contributed by atoms with Crippen LogP contribution in [0.5, 0.6) is 5.75 Å². The Balaban J connectivity index is 2.02. The summed E-state index contributed by atoms with van der Waals surface area (Å²) in [4.78, 5) is 14.5. The second-order valence-corrected chi connectivity index (χ2v) is 6.55. The highest BCUT2D eigenvalue weighted by molar-refractivity contribution is 5.74. The average molecular weight is 334 g/mol. The first-order chi connectivity index (χ1) is 11.7. The summed E-state index contributed by atoms with van der Waals surface area (Å²) in [7, 11) is 1.65. The van der Waals surface area contributed by atoms with E-state index in [2.05, 4.69) is 12.2 Å². The van der Waals surface area contributed by atoms with E-state index in [1.165, 1.54) is 0 Å². The van der Waals surface area contributed by atoms with Crippen molar-refractivity contribution in [2.24, 2.45) is 5.92 Å². The first kappa shape index (κ1) is 18.6. The SMILES string of the molecule is CCCCC(NC(=O)N1CCCC(CO)C1)c1ccc(OC)cc1. The molecule has 1 aromatic carbocycles. The zero-order valence-corrected chi connectivity index (χ0v) is 14.8. The molecule has 24 heavy (non-hydrogen) atoms.